The van der Waals surface area contributed by atoms with Crippen LogP contribution in [0.4, 0.5) is 4.79 Å². The summed E-state index contributed by atoms with van der Waals surface area (Å²) in [5.74, 6) is 0.746. The van der Waals surface area contributed by atoms with E-state index < -0.39 is 0 Å². The smallest absolute Gasteiger partial charge is 0.317 e. The molecule has 184 valence electrons. The highest BCUT2D eigenvalue weighted by Gasteiger charge is 2.29. The molecule has 4 rings (SSSR count). The molecule has 0 aliphatic carbocycles. The summed E-state index contributed by atoms with van der Waals surface area (Å²) in [6.07, 6.45) is 0. The van der Waals surface area contributed by atoms with E-state index in [0.29, 0.717) is 31.7 Å². The lowest BCUT2D eigenvalue weighted by molar-refractivity contribution is 0.0660. The monoisotopic (exact) mass is 474 g/mol. The highest BCUT2D eigenvalue weighted by Crippen LogP contribution is 2.32. The minimum atomic E-state index is -0.294. The zero-order valence-corrected chi connectivity index (χ0v) is 21.2. The molecule has 1 saturated heterocycles. The first-order valence-electron chi connectivity index (χ1n) is 12.0. The maximum atomic E-state index is 13.6. The summed E-state index contributed by atoms with van der Waals surface area (Å²) in [6.45, 7) is 9.89. The Bertz CT molecular complexity index is 1200. The number of hydrogen-bond donors (Lipinski definition) is 1. The minimum absolute atomic E-state index is 0.0165. The summed E-state index contributed by atoms with van der Waals surface area (Å²) in [5, 5.41) is 3.00. The van der Waals surface area contributed by atoms with Crippen LogP contribution in [0.15, 0.2) is 60.7 Å². The summed E-state index contributed by atoms with van der Waals surface area (Å²) in [6, 6.07) is 19.8. The van der Waals surface area contributed by atoms with Gasteiger partial charge in [0.15, 0.2) is 0 Å². The van der Waals surface area contributed by atoms with Crippen LogP contribution in [0.1, 0.15) is 36.8 Å². The van der Waals surface area contributed by atoms with Gasteiger partial charge in [0, 0.05) is 48.7 Å². The Balaban J connectivity index is 1.62. The topological polar surface area (TPSA) is 66.8 Å². The second-order valence-corrected chi connectivity index (χ2v) is 9.89. The van der Waals surface area contributed by atoms with E-state index in [9.17, 15) is 9.59 Å². The molecule has 1 aliphatic heterocycles. The fraction of sp³-hybridized carbons (Fsp3) is 0.357. The molecule has 7 heteroatoms. The van der Waals surface area contributed by atoms with Crippen LogP contribution in [0.25, 0.3) is 16.9 Å². The van der Waals surface area contributed by atoms with Crippen molar-refractivity contribution in [3.8, 4) is 22.7 Å². The van der Waals surface area contributed by atoms with Crippen molar-refractivity contribution in [3.63, 3.8) is 0 Å². The number of methoxy groups -OCH3 is 1. The summed E-state index contributed by atoms with van der Waals surface area (Å²) in [7, 11) is 1.65. The summed E-state index contributed by atoms with van der Waals surface area (Å²) < 4.78 is 7.56. The van der Waals surface area contributed by atoms with Crippen molar-refractivity contribution in [1.82, 2.24) is 19.7 Å². The molecule has 7 nitrogen and oxygen atoms in total. The van der Waals surface area contributed by atoms with E-state index in [1.54, 1.807) is 12.0 Å². The number of nitrogens with zero attached hydrogens (tertiary/aromatic N) is 3. The Morgan fingerprint density at radius 1 is 0.886 bits per heavy atom. The van der Waals surface area contributed by atoms with Crippen LogP contribution in [0.5, 0.6) is 5.75 Å². The third-order valence-corrected chi connectivity index (χ3v) is 6.19. The third-order valence-electron chi connectivity index (χ3n) is 6.19. The Labute approximate surface area is 207 Å². The number of amides is 3. The average molecular weight is 475 g/mol. The van der Waals surface area contributed by atoms with Crippen molar-refractivity contribution in [3.05, 3.63) is 71.9 Å². The van der Waals surface area contributed by atoms with Crippen molar-refractivity contribution in [2.75, 3.05) is 33.3 Å². The lowest BCUT2D eigenvalue weighted by Crippen LogP contribution is -2.56. The van der Waals surface area contributed by atoms with Gasteiger partial charge < -0.3 is 24.4 Å². The summed E-state index contributed by atoms with van der Waals surface area (Å²) >= 11 is 0. The predicted octanol–water partition coefficient (Wildman–Crippen LogP) is 4.73. The van der Waals surface area contributed by atoms with E-state index in [0.717, 1.165) is 28.4 Å². The van der Waals surface area contributed by atoms with Gasteiger partial charge in [0.05, 0.1) is 18.4 Å². The van der Waals surface area contributed by atoms with E-state index in [-0.39, 0.29) is 17.5 Å². The van der Waals surface area contributed by atoms with Crippen LogP contribution in [0.3, 0.4) is 0 Å². The van der Waals surface area contributed by atoms with Gasteiger partial charge >= 0.3 is 6.03 Å². The van der Waals surface area contributed by atoms with Gasteiger partial charge in [-0.3, -0.25) is 4.79 Å². The molecule has 35 heavy (non-hydrogen) atoms. The number of urea groups is 1. The van der Waals surface area contributed by atoms with Gasteiger partial charge in [-0.15, -0.1) is 0 Å². The first-order valence-corrected chi connectivity index (χ1v) is 12.0. The fourth-order valence-electron chi connectivity index (χ4n) is 4.41. The zero-order chi connectivity index (χ0) is 25.2. The molecule has 0 radical (unpaired) electrons. The van der Waals surface area contributed by atoms with Gasteiger partial charge in [0.2, 0.25) is 0 Å². The predicted molar refractivity (Wildman–Crippen MR) is 138 cm³/mol. The van der Waals surface area contributed by atoms with Gasteiger partial charge in [-0.05, 0) is 58.0 Å². The normalized spacial score (nSPS) is 14.1. The van der Waals surface area contributed by atoms with Crippen LogP contribution in [0, 0.1) is 6.92 Å². The molecule has 0 bridgehead atoms. The number of nitrogens with one attached hydrogen (secondary N) is 1. The molecule has 0 saturated carbocycles. The second-order valence-electron chi connectivity index (χ2n) is 9.89. The van der Waals surface area contributed by atoms with Crippen molar-refractivity contribution >= 4 is 11.9 Å². The van der Waals surface area contributed by atoms with E-state index in [1.165, 1.54) is 0 Å². The van der Waals surface area contributed by atoms with E-state index >= 15 is 0 Å². The first kappa shape index (κ1) is 24.4. The number of rotatable bonds is 4. The Morgan fingerprint density at radius 3 is 2.17 bits per heavy atom. The van der Waals surface area contributed by atoms with Gasteiger partial charge in [-0.25, -0.2) is 4.79 Å². The van der Waals surface area contributed by atoms with E-state index in [1.807, 2.05) is 93.3 Å². The van der Waals surface area contributed by atoms with Crippen LogP contribution in [-0.2, 0) is 0 Å². The number of ether oxygens (including phenoxy) is 1. The Kier molecular flexibility index (Phi) is 6.87. The van der Waals surface area contributed by atoms with Crippen LogP contribution < -0.4 is 10.1 Å². The molecule has 1 fully saturated rings. The largest absolute Gasteiger partial charge is 0.497 e. The van der Waals surface area contributed by atoms with Crippen molar-refractivity contribution in [1.29, 1.82) is 0 Å². The van der Waals surface area contributed by atoms with Crippen LogP contribution >= 0.6 is 0 Å². The minimum Gasteiger partial charge on any atom is -0.497 e. The highest BCUT2D eigenvalue weighted by molar-refractivity contribution is 5.97. The third kappa shape index (κ3) is 5.34. The lowest BCUT2D eigenvalue weighted by Gasteiger charge is -2.36. The lowest BCUT2D eigenvalue weighted by atomic mass is 10.1. The van der Waals surface area contributed by atoms with Gasteiger partial charge in [-0.2, -0.15) is 0 Å². The highest BCUT2D eigenvalue weighted by atomic mass is 16.5. The standard InChI is InChI=1S/C28H34N4O3/c1-20-24(26(33)30-14-16-31(17-15-30)27(34)29-28(2,3)4)19-25(21-10-9-13-23(18-21)35-5)32(20)22-11-7-6-8-12-22/h6-13,18-19H,14-17H2,1-5H3,(H,29,34). The van der Waals surface area contributed by atoms with Gasteiger partial charge in [0.25, 0.3) is 5.91 Å². The molecule has 3 amide bonds. The van der Waals surface area contributed by atoms with Crippen molar-refractivity contribution in [2.24, 2.45) is 0 Å². The molecule has 0 spiro atoms. The SMILES string of the molecule is COc1cccc(-c2cc(C(=O)N3CCN(C(=O)NC(C)(C)C)CC3)c(C)n2-c2ccccc2)c1. The Hall–Kier alpha value is -3.74. The van der Waals surface area contributed by atoms with Crippen molar-refractivity contribution < 1.29 is 14.3 Å². The molecule has 1 N–H and O–H groups in total. The molecule has 0 unspecified atom stereocenters. The summed E-state index contributed by atoms with van der Waals surface area (Å²) in [5.41, 5.74) is 4.15. The summed E-state index contributed by atoms with van der Waals surface area (Å²) in [4.78, 5) is 29.8. The van der Waals surface area contributed by atoms with Gasteiger partial charge in [0.1, 0.15) is 5.75 Å². The maximum absolute atomic E-state index is 13.6. The number of piperazine rings is 1. The molecular formula is C28H34N4O3. The molecule has 1 aliphatic rings. The first-order chi connectivity index (χ1) is 16.7. The number of carbonyl (C=O) groups excluding carboxylic acids is 2. The number of aromatic nitrogens is 1. The van der Waals surface area contributed by atoms with Crippen LogP contribution in [0.2, 0.25) is 0 Å². The molecule has 1 aromatic heterocycles. The number of para-hydroxylation sites is 1. The average Bonchev–Trinajstić information content (AvgIpc) is 3.20. The molecule has 2 heterocycles. The van der Waals surface area contributed by atoms with Crippen LogP contribution in [-0.4, -0.2) is 65.1 Å². The second kappa shape index (κ2) is 9.86. The number of carbonyl (C=O) groups is 2. The molecular weight excluding hydrogens is 440 g/mol. The van der Waals surface area contributed by atoms with Crippen molar-refractivity contribution in [2.45, 2.75) is 33.2 Å². The van der Waals surface area contributed by atoms with E-state index in [4.69, 9.17) is 4.74 Å². The Morgan fingerprint density at radius 2 is 1.54 bits per heavy atom. The quantitative estimate of drug-likeness (QED) is 0.595. The number of hydrogen-bond acceptors (Lipinski definition) is 3. The molecule has 0 atom stereocenters. The molecule has 3 aromatic rings. The van der Waals surface area contributed by atoms with Gasteiger partial charge in [-0.1, -0.05) is 30.3 Å². The molecule has 2 aromatic carbocycles. The number of benzene rings is 2. The fourth-order valence-corrected chi connectivity index (χ4v) is 4.41. The maximum Gasteiger partial charge on any atom is 0.317 e. The zero-order valence-electron chi connectivity index (χ0n) is 21.2. The van der Waals surface area contributed by atoms with E-state index in [2.05, 4.69) is 9.88 Å².